The third kappa shape index (κ3) is 5.35. The van der Waals surface area contributed by atoms with Crippen LogP contribution in [0.2, 0.25) is 0 Å². The summed E-state index contributed by atoms with van der Waals surface area (Å²) in [5.74, 6) is -0.454. The van der Waals surface area contributed by atoms with Gasteiger partial charge in [-0.15, -0.1) is 0 Å². The van der Waals surface area contributed by atoms with Crippen molar-refractivity contribution < 1.29 is 13.9 Å². The summed E-state index contributed by atoms with van der Waals surface area (Å²) in [5, 5.41) is 5.77. The van der Waals surface area contributed by atoms with E-state index >= 15 is 0 Å². The number of amides is 1. The molecule has 0 aliphatic rings. The van der Waals surface area contributed by atoms with Crippen molar-refractivity contribution in [1.29, 1.82) is 0 Å². The lowest BCUT2D eigenvalue weighted by Gasteiger charge is -2.14. The summed E-state index contributed by atoms with van der Waals surface area (Å²) < 4.78 is 19.1. The summed E-state index contributed by atoms with van der Waals surface area (Å²) in [6.07, 6.45) is 5.65. The molecule has 0 aliphatic heterocycles. The average molecular weight is 390 g/mol. The molecular weight excluding hydrogens is 373 g/mol. The van der Waals surface area contributed by atoms with Gasteiger partial charge in [0.05, 0.1) is 36.5 Å². The maximum Gasteiger partial charge on any atom is 0.221 e. The third-order valence-electron chi connectivity index (χ3n) is 3.19. The van der Waals surface area contributed by atoms with E-state index < -0.39 is 5.83 Å². The molecule has 7 nitrogen and oxygen atoms in total. The maximum absolute atomic E-state index is 13.8. The van der Waals surface area contributed by atoms with Gasteiger partial charge in [-0.1, -0.05) is 24.8 Å². The topological polar surface area (TPSA) is 89.0 Å². The number of methoxy groups -OCH3 is 1. The fourth-order valence-electron chi connectivity index (χ4n) is 2.08. The van der Waals surface area contributed by atoms with Crippen molar-refractivity contribution in [3.8, 4) is 5.75 Å². The number of carbonyl (C=O) groups excluding carboxylic acids is 1. The van der Waals surface area contributed by atoms with Crippen molar-refractivity contribution in [2.24, 2.45) is 0 Å². The zero-order valence-corrected chi connectivity index (χ0v) is 15.5. The number of hydrogen-bond donors (Lipinski definition) is 2. The molecule has 27 heavy (non-hydrogen) atoms. The van der Waals surface area contributed by atoms with E-state index in [0.717, 1.165) is 0 Å². The summed E-state index contributed by atoms with van der Waals surface area (Å²) in [6.45, 7) is 8.15. The highest BCUT2D eigenvalue weighted by molar-refractivity contribution is 6.31. The number of nitrogens with one attached hydrogen (secondary N) is 2. The van der Waals surface area contributed by atoms with Crippen LogP contribution in [0.4, 0.5) is 21.6 Å². The number of rotatable bonds is 7. The number of pyridine rings is 1. The Labute approximate surface area is 160 Å². The molecule has 0 saturated heterocycles. The van der Waals surface area contributed by atoms with Crippen molar-refractivity contribution in [2.75, 3.05) is 17.7 Å². The number of hydrogen-bond acceptors (Lipinski definition) is 6. The molecule has 0 bridgehead atoms. The SMILES string of the molecule is C=C(Cl)/C=C(\C(=C)F)c1ncc(OC)c(Nc2ccncc2NC(C)=O)n1. The second-order valence-electron chi connectivity index (χ2n) is 5.25. The van der Waals surface area contributed by atoms with Crippen LogP contribution in [0.3, 0.4) is 0 Å². The minimum absolute atomic E-state index is 0.0162. The normalized spacial score (nSPS) is 10.9. The first kappa shape index (κ1) is 20.1. The molecule has 2 aromatic heterocycles. The quantitative estimate of drug-likeness (QED) is 0.690. The van der Waals surface area contributed by atoms with Crippen LogP contribution in [-0.4, -0.2) is 28.0 Å². The first-order valence-corrected chi connectivity index (χ1v) is 8.00. The van der Waals surface area contributed by atoms with Crippen LogP contribution in [0, 0.1) is 0 Å². The largest absolute Gasteiger partial charge is 0.491 e. The van der Waals surface area contributed by atoms with Gasteiger partial charge in [0.25, 0.3) is 0 Å². The highest BCUT2D eigenvalue weighted by Gasteiger charge is 2.15. The lowest BCUT2D eigenvalue weighted by Crippen LogP contribution is -2.09. The lowest BCUT2D eigenvalue weighted by molar-refractivity contribution is -0.114. The molecule has 140 valence electrons. The fraction of sp³-hybridized carbons (Fsp3) is 0.111. The molecule has 0 saturated carbocycles. The van der Waals surface area contributed by atoms with Crippen LogP contribution in [0.1, 0.15) is 12.7 Å². The molecule has 2 rings (SSSR count). The number of ether oxygens (including phenoxy) is 1. The zero-order valence-electron chi connectivity index (χ0n) is 14.7. The molecular formula is C18H17ClFN5O2. The van der Waals surface area contributed by atoms with E-state index in [0.29, 0.717) is 17.1 Å². The predicted molar refractivity (Wildman–Crippen MR) is 104 cm³/mol. The second kappa shape index (κ2) is 8.91. The summed E-state index contributed by atoms with van der Waals surface area (Å²) >= 11 is 5.74. The number of anilines is 3. The van der Waals surface area contributed by atoms with Gasteiger partial charge in [-0.05, 0) is 12.1 Å². The van der Waals surface area contributed by atoms with Crippen LogP contribution >= 0.6 is 11.6 Å². The summed E-state index contributed by atoms with van der Waals surface area (Å²) in [5.41, 5.74) is 0.930. The van der Waals surface area contributed by atoms with Crippen LogP contribution in [0.5, 0.6) is 5.75 Å². The average Bonchev–Trinajstić information content (AvgIpc) is 2.60. The molecule has 0 radical (unpaired) electrons. The first-order chi connectivity index (χ1) is 12.8. The van der Waals surface area contributed by atoms with Gasteiger partial charge in [-0.3, -0.25) is 9.78 Å². The number of allylic oxidation sites excluding steroid dienone is 4. The fourth-order valence-corrected chi connectivity index (χ4v) is 2.19. The molecule has 2 N–H and O–H groups in total. The van der Waals surface area contributed by atoms with Gasteiger partial charge in [-0.25, -0.2) is 14.4 Å². The van der Waals surface area contributed by atoms with Gasteiger partial charge in [0.15, 0.2) is 17.4 Å². The van der Waals surface area contributed by atoms with E-state index in [1.54, 1.807) is 6.07 Å². The minimum atomic E-state index is -0.768. The van der Waals surface area contributed by atoms with E-state index in [9.17, 15) is 9.18 Å². The number of nitrogens with zero attached hydrogens (tertiary/aromatic N) is 3. The predicted octanol–water partition coefficient (Wildman–Crippen LogP) is 4.20. The van der Waals surface area contributed by atoms with Crippen molar-refractivity contribution in [2.45, 2.75) is 6.92 Å². The maximum atomic E-state index is 13.8. The van der Waals surface area contributed by atoms with Crippen molar-refractivity contribution in [1.82, 2.24) is 15.0 Å². The van der Waals surface area contributed by atoms with E-state index in [4.69, 9.17) is 16.3 Å². The Morgan fingerprint density at radius 1 is 1.33 bits per heavy atom. The third-order valence-corrected chi connectivity index (χ3v) is 3.30. The highest BCUT2D eigenvalue weighted by Crippen LogP contribution is 2.31. The minimum Gasteiger partial charge on any atom is -0.491 e. The molecule has 2 aromatic rings. The van der Waals surface area contributed by atoms with Gasteiger partial charge in [-0.2, -0.15) is 0 Å². The van der Waals surface area contributed by atoms with E-state index in [-0.39, 0.29) is 28.2 Å². The Kier molecular flexibility index (Phi) is 6.62. The van der Waals surface area contributed by atoms with Gasteiger partial charge in [0.2, 0.25) is 5.91 Å². The molecule has 0 atom stereocenters. The molecule has 2 heterocycles. The number of aromatic nitrogens is 3. The van der Waals surface area contributed by atoms with Gasteiger partial charge >= 0.3 is 0 Å². The molecule has 0 fully saturated rings. The summed E-state index contributed by atoms with van der Waals surface area (Å²) in [6, 6.07) is 1.64. The first-order valence-electron chi connectivity index (χ1n) is 7.62. The Morgan fingerprint density at radius 2 is 2.07 bits per heavy atom. The molecule has 9 heteroatoms. The lowest BCUT2D eigenvalue weighted by atomic mass is 10.2. The van der Waals surface area contributed by atoms with Crippen molar-refractivity contribution in [3.63, 3.8) is 0 Å². The molecule has 1 amide bonds. The van der Waals surface area contributed by atoms with Gasteiger partial charge < -0.3 is 15.4 Å². The summed E-state index contributed by atoms with van der Waals surface area (Å²) in [7, 11) is 1.44. The van der Waals surface area contributed by atoms with Crippen LogP contribution in [-0.2, 0) is 4.79 Å². The molecule has 0 aromatic carbocycles. The molecule has 0 spiro atoms. The Hall–Kier alpha value is -3.26. The highest BCUT2D eigenvalue weighted by atomic mass is 35.5. The van der Waals surface area contributed by atoms with E-state index in [1.807, 2.05) is 0 Å². The van der Waals surface area contributed by atoms with Gasteiger partial charge in [0.1, 0.15) is 5.83 Å². The van der Waals surface area contributed by atoms with E-state index in [2.05, 4.69) is 38.7 Å². The van der Waals surface area contributed by atoms with Crippen molar-refractivity contribution in [3.05, 3.63) is 60.6 Å². The molecule has 0 unspecified atom stereocenters. The summed E-state index contributed by atoms with van der Waals surface area (Å²) in [4.78, 5) is 23.7. The van der Waals surface area contributed by atoms with Gasteiger partial charge in [0, 0.05) is 18.2 Å². The van der Waals surface area contributed by atoms with Crippen LogP contribution in [0.15, 0.2) is 54.7 Å². The number of carbonyl (C=O) groups is 1. The second-order valence-corrected chi connectivity index (χ2v) is 5.73. The Bertz CT molecular complexity index is 930. The van der Waals surface area contributed by atoms with Crippen molar-refractivity contribution >= 4 is 40.3 Å². The monoisotopic (exact) mass is 389 g/mol. The number of halogens is 2. The molecule has 0 aliphatic carbocycles. The Balaban J connectivity index is 2.50. The zero-order chi connectivity index (χ0) is 20.0. The standard InChI is InChI=1S/C18H17ClFN5O2/c1-10(19)7-13(11(2)20)17-22-9-16(27-4)18(25-17)24-14-5-6-21-8-15(14)23-12(3)26/h5-9H,1-2H2,3-4H3,(H,23,26)(H,21,22,24,25)/b13-7+. The van der Waals surface area contributed by atoms with Crippen LogP contribution in [0.25, 0.3) is 5.57 Å². The van der Waals surface area contributed by atoms with E-state index in [1.165, 1.54) is 38.7 Å². The van der Waals surface area contributed by atoms with Crippen LogP contribution < -0.4 is 15.4 Å². The Morgan fingerprint density at radius 3 is 2.67 bits per heavy atom. The smallest absolute Gasteiger partial charge is 0.221 e.